The van der Waals surface area contributed by atoms with Gasteiger partial charge >= 0.3 is 5.97 Å². The minimum atomic E-state index is -1.95. The number of hydrogen-bond acceptors (Lipinski definition) is 7. The minimum Gasteiger partial charge on any atom is -0.478 e. The van der Waals surface area contributed by atoms with E-state index in [0.29, 0.717) is 12.1 Å². The first-order valence-corrected chi connectivity index (χ1v) is 6.27. The van der Waals surface area contributed by atoms with E-state index in [0.717, 1.165) is 0 Å². The number of carboxylic acids is 1. The number of nitrogens with zero attached hydrogens (tertiary/aromatic N) is 6. The second-order valence-electron chi connectivity index (χ2n) is 4.77. The van der Waals surface area contributed by atoms with E-state index in [9.17, 15) is 15.0 Å². The lowest BCUT2D eigenvalue weighted by Crippen LogP contribution is -2.23. The maximum atomic E-state index is 11.3. The molecular weight excluding hydrogens is 294 g/mol. The van der Waals surface area contributed by atoms with Crippen LogP contribution in [-0.2, 0) is 4.74 Å². The maximum absolute atomic E-state index is 11.3. The van der Waals surface area contributed by atoms with Gasteiger partial charge in [-0.3, -0.25) is 0 Å². The first-order chi connectivity index (χ1) is 10.4. The predicted octanol–water partition coefficient (Wildman–Crippen LogP) is 0.818. The standard InChI is InChI=1S/C11H11N7O4/c12-9-8-5(10(19)20)3-6(18(8)15-4-14-9)7-1-2-11(21,22-7)16-17-13/h3-4,7,21H,1-2H2,(H,19,20)(H2,12,14,15)/t7-,11-/m1/s1. The number of aliphatic hydroxyl groups is 1. The van der Waals surface area contributed by atoms with Crippen LogP contribution < -0.4 is 5.73 Å². The van der Waals surface area contributed by atoms with Crippen molar-refractivity contribution in [1.82, 2.24) is 14.6 Å². The van der Waals surface area contributed by atoms with E-state index in [1.165, 1.54) is 16.9 Å². The normalized spacial score (nSPS) is 24.3. The number of aromatic nitrogens is 3. The number of carboxylic acid groups (broad SMARTS) is 1. The van der Waals surface area contributed by atoms with Crippen LogP contribution >= 0.6 is 0 Å². The van der Waals surface area contributed by atoms with Crippen LogP contribution in [0.25, 0.3) is 16.0 Å². The summed E-state index contributed by atoms with van der Waals surface area (Å²) in [5.41, 5.74) is 14.6. The number of ether oxygens (including phenoxy) is 1. The summed E-state index contributed by atoms with van der Waals surface area (Å²) in [5.74, 6) is -3.12. The Kier molecular flexibility index (Phi) is 3.10. The summed E-state index contributed by atoms with van der Waals surface area (Å²) in [6.45, 7) is 0. The molecule has 2 atom stereocenters. The molecule has 2 aromatic heterocycles. The fourth-order valence-corrected chi connectivity index (χ4v) is 2.50. The summed E-state index contributed by atoms with van der Waals surface area (Å²) < 4.78 is 6.64. The van der Waals surface area contributed by atoms with Gasteiger partial charge in [0.25, 0.3) is 0 Å². The van der Waals surface area contributed by atoms with Gasteiger partial charge in [0.05, 0.1) is 11.3 Å². The highest BCUT2D eigenvalue weighted by molar-refractivity contribution is 5.99. The van der Waals surface area contributed by atoms with Crippen molar-refractivity contribution in [2.24, 2.45) is 5.11 Å². The number of aromatic carboxylic acids is 1. The third-order valence-corrected chi connectivity index (χ3v) is 3.43. The number of azide groups is 1. The Morgan fingerprint density at radius 3 is 3.14 bits per heavy atom. The number of rotatable bonds is 3. The SMILES string of the molecule is [N-]=[N+]=N[C@@]1(O)CC[C@H](c2cc(C(=O)O)c3c(N)ncnn23)O1. The number of hydrogen-bond donors (Lipinski definition) is 3. The molecule has 11 nitrogen and oxygen atoms in total. The van der Waals surface area contributed by atoms with Gasteiger partial charge in [0.2, 0.25) is 5.91 Å². The third-order valence-electron chi connectivity index (χ3n) is 3.43. The zero-order chi connectivity index (χ0) is 15.9. The molecule has 4 N–H and O–H groups in total. The third kappa shape index (κ3) is 2.09. The van der Waals surface area contributed by atoms with E-state index < -0.39 is 18.0 Å². The molecule has 11 heteroatoms. The van der Waals surface area contributed by atoms with E-state index >= 15 is 0 Å². The van der Waals surface area contributed by atoms with Crippen LogP contribution in [0.3, 0.4) is 0 Å². The molecule has 0 amide bonds. The van der Waals surface area contributed by atoms with Crippen molar-refractivity contribution in [3.8, 4) is 0 Å². The smallest absolute Gasteiger partial charge is 0.338 e. The monoisotopic (exact) mass is 305 g/mol. The van der Waals surface area contributed by atoms with Crippen molar-refractivity contribution >= 4 is 17.3 Å². The minimum absolute atomic E-state index is 0.0157. The van der Waals surface area contributed by atoms with Crippen molar-refractivity contribution in [1.29, 1.82) is 0 Å². The highest BCUT2D eigenvalue weighted by Gasteiger charge is 2.40. The van der Waals surface area contributed by atoms with E-state index in [1.807, 2.05) is 0 Å². The van der Waals surface area contributed by atoms with Crippen molar-refractivity contribution in [3.63, 3.8) is 0 Å². The molecule has 0 aromatic carbocycles. The summed E-state index contributed by atoms with van der Waals surface area (Å²) in [6, 6.07) is 1.36. The molecule has 1 aliphatic heterocycles. The Hall–Kier alpha value is -2.88. The van der Waals surface area contributed by atoms with Crippen LogP contribution in [-0.4, -0.2) is 36.7 Å². The lowest BCUT2D eigenvalue weighted by Gasteiger charge is -2.16. The van der Waals surface area contributed by atoms with Crippen molar-refractivity contribution < 1.29 is 19.7 Å². The lowest BCUT2D eigenvalue weighted by molar-refractivity contribution is -0.188. The zero-order valence-electron chi connectivity index (χ0n) is 11.1. The summed E-state index contributed by atoms with van der Waals surface area (Å²) in [6.07, 6.45) is 0.902. The van der Waals surface area contributed by atoms with Crippen LogP contribution in [0.15, 0.2) is 17.5 Å². The van der Waals surface area contributed by atoms with Crippen molar-refractivity contribution in [2.75, 3.05) is 5.73 Å². The van der Waals surface area contributed by atoms with Gasteiger partial charge in [0, 0.05) is 11.3 Å². The molecule has 0 aliphatic carbocycles. The van der Waals surface area contributed by atoms with Crippen molar-refractivity contribution in [2.45, 2.75) is 24.9 Å². The maximum Gasteiger partial charge on any atom is 0.338 e. The number of carbonyl (C=O) groups is 1. The Labute approximate surface area is 122 Å². The largest absolute Gasteiger partial charge is 0.478 e. The van der Waals surface area contributed by atoms with E-state index in [-0.39, 0.29) is 23.3 Å². The van der Waals surface area contributed by atoms with Gasteiger partial charge in [-0.2, -0.15) is 5.10 Å². The average molecular weight is 305 g/mol. The first kappa shape index (κ1) is 14.1. The van der Waals surface area contributed by atoms with E-state index in [2.05, 4.69) is 20.1 Å². The Balaban J connectivity index is 2.11. The lowest BCUT2D eigenvalue weighted by atomic mass is 10.1. The molecule has 22 heavy (non-hydrogen) atoms. The Morgan fingerprint density at radius 1 is 1.68 bits per heavy atom. The fourth-order valence-electron chi connectivity index (χ4n) is 2.50. The van der Waals surface area contributed by atoms with Crippen LogP contribution in [0.4, 0.5) is 5.82 Å². The summed E-state index contributed by atoms with van der Waals surface area (Å²) in [4.78, 5) is 17.6. The molecule has 114 valence electrons. The molecule has 0 bridgehead atoms. The van der Waals surface area contributed by atoms with Gasteiger partial charge in [-0.05, 0) is 23.1 Å². The molecule has 1 saturated heterocycles. The summed E-state index contributed by atoms with van der Waals surface area (Å²) in [7, 11) is 0. The molecule has 0 saturated carbocycles. The Morgan fingerprint density at radius 2 is 2.45 bits per heavy atom. The van der Waals surface area contributed by atoms with E-state index in [1.54, 1.807) is 0 Å². The molecule has 1 fully saturated rings. The number of nitrogen functional groups attached to an aromatic ring is 1. The quantitative estimate of drug-likeness (QED) is 0.427. The molecular formula is C11H11N7O4. The first-order valence-electron chi connectivity index (χ1n) is 6.27. The Bertz CT molecular complexity index is 812. The molecule has 0 spiro atoms. The molecule has 3 rings (SSSR count). The van der Waals surface area contributed by atoms with Crippen molar-refractivity contribution in [3.05, 3.63) is 34.1 Å². The van der Waals surface area contributed by atoms with Crippen LogP contribution in [0, 0.1) is 0 Å². The highest BCUT2D eigenvalue weighted by atomic mass is 16.7. The van der Waals surface area contributed by atoms with Gasteiger partial charge in [-0.15, -0.1) is 0 Å². The molecule has 1 aliphatic rings. The number of nitrogens with two attached hydrogens (primary N) is 1. The van der Waals surface area contributed by atoms with Crippen LogP contribution in [0.1, 0.15) is 35.0 Å². The number of anilines is 1. The van der Waals surface area contributed by atoms with Crippen LogP contribution in [0.5, 0.6) is 0 Å². The zero-order valence-corrected chi connectivity index (χ0v) is 11.1. The fraction of sp³-hybridized carbons (Fsp3) is 0.364. The second-order valence-corrected chi connectivity index (χ2v) is 4.77. The molecule has 2 aromatic rings. The van der Waals surface area contributed by atoms with Gasteiger partial charge in [-0.1, -0.05) is 0 Å². The van der Waals surface area contributed by atoms with Gasteiger partial charge in [-0.25, -0.2) is 14.3 Å². The summed E-state index contributed by atoms with van der Waals surface area (Å²) in [5, 5.41) is 26.4. The predicted molar refractivity (Wildman–Crippen MR) is 71.5 cm³/mol. The molecule has 3 heterocycles. The topological polar surface area (TPSA) is 172 Å². The van der Waals surface area contributed by atoms with Gasteiger partial charge in [0.15, 0.2) is 5.82 Å². The van der Waals surface area contributed by atoms with E-state index in [4.69, 9.17) is 16.0 Å². The second kappa shape index (κ2) is 4.84. The van der Waals surface area contributed by atoms with Crippen LogP contribution in [0.2, 0.25) is 0 Å². The highest BCUT2D eigenvalue weighted by Crippen LogP contribution is 2.40. The molecule has 0 radical (unpaired) electrons. The summed E-state index contributed by atoms with van der Waals surface area (Å²) >= 11 is 0. The molecule has 0 unspecified atom stereocenters. The average Bonchev–Trinajstić information content (AvgIpc) is 3.01. The van der Waals surface area contributed by atoms with Gasteiger partial charge in [0.1, 0.15) is 17.9 Å². The van der Waals surface area contributed by atoms with Gasteiger partial charge < -0.3 is 20.7 Å². The number of fused-ring (bicyclic) bond motifs is 1.